The Bertz CT molecular complexity index is 974. The fourth-order valence-electron chi connectivity index (χ4n) is 3.99. The van der Waals surface area contributed by atoms with E-state index < -0.39 is 5.60 Å². The minimum absolute atomic E-state index is 0.0458. The quantitative estimate of drug-likeness (QED) is 0.606. The number of rotatable bonds is 7. The van der Waals surface area contributed by atoms with E-state index in [-0.39, 0.29) is 11.9 Å². The van der Waals surface area contributed by atoms with Crippen LogP contribution >= 0.6 is 11.3 Å². The van der Waals surface area contributed by atoms with Gasteiger partial charge in [0, 0.05) is 43.2 Å². The van der Waals surface area contributed by atoms with Gasteiger partial charge in [-0.15, -0.1) is 11.3 Å². The molecule has 3 aromatic rings. The van der Waals surface area contributed by atoms with Gasteiger partial charge in [-0.05, 0) is 48.6 Å². The van der Waals surface area contributed by atoms with Gasteiger partial charge < -0.3 is 10.1 Å². The van der Waals surface area contributed by atoms with Gasteiger partial charge in [0.15, 0.2) is 5.60 Å². The highest BCUT2D eigenvalue weighted by Gasteiger charge is 2.44. The van der Waals surface area contributed by atoms with E-state index in [1.165, 1.54) is 10.4 Å². The number of morpholine rings is 1. The van der Waals surface area contributed by atoms with Crippen LogP contribution in [0.25, 0.3) is 10.4 Å². The van der Waals surface area contributed by atoms with Gasteiger partial charge >= 0.3 is 0 Å². The number of ether oxygens (including phenoxy) is 1. The molecule has 1 aliphatic heterocycles. The summed E-state index contributed by atoms with van der Waals surface area (Å²) in [5.41, 5.74) is 2.38. The van der Waals surface area contributed by atoms with E-state index in [2.05, 4.69) is 57.0 Å². The zero-order valence-corrected chi connectivity index (χ0v) is 18.9. The number of amides is 1. The molecule has 1 unspecified atom stereocenters. The number of nitrogens with zero attached hydrogens (tertiary/aromatic N) is 2. The number of nitrogens with one attached hydrogen (secondary N) is 1. The van der Waals surface area contributed by atoms with E-state index in [0.717, 1.165) is 17.8 Å². The van der Waals surface area contributed by atoms with Gasteiger partial charge in [-0.25, -0.2) is 0 Å². The molecule has 3 heterocycles. The largest absolute Gasteiger partial charge is 0.362 e. The van der Waals surface area contributed by atoms with Crippen LogP contribution in [-0.2, 0) is 22.5 Å². The van der Waals surface area contributed by atoms with Gasteiger partial charge in [0.1, 0.15) is 0 Å². The minimum atomic E-state index is -0.915. The van der Waals surface area contributed by atoms with Crippen molar-refractivity contribution in [3.63, 3.8) is 0 Å². The van der Waals surface area contributed by atoms with Crippen molar-refractivity contribution in [1.29, 1.82) is 0 Å². The third-order valence-corrected chi connectivity index (χ3v) is 6.38. The van der Waals surface area contributed by atoms with Crippen LogP contribution in [0.1, 0.15) is 25.1 Å². The first-order valence-corrected chi connectivity index (χ1v) is 11.6. The lowest BCUT2D eigenvalue weighted by molar-refractivity contribution is -0.161. The Kier molecular flexibility index (Phi) is 6.80. The topological polar surface area (TPSA) is 54.5 Å². The van der Waals surface area contributed by atoms with E-state index in [0.29, 0.717) is 26.1 Å². The molecule has 0 spiro atoms. The molecule has 6 heteroatoms. The molecule has 1 aromatic carbocycles. The second kappa shape index (κ2) is 9.73. The first kappa shape index (κ1) is 21.7. The molecule has 4 rings (SSSR count). The van der Waals surface area contributed by atoms with Crippen molar-refractivity contribution in [1.82, 2.24) is 15.2 Å². The molecule has 162 valence electrons. The highest BCUT2D eigenvalue weighted by atomic mass is 32.1. The first-order chi connectivity index (χ1) is 15.0. The first-order valence-electron chi connectivity index (χ1n) is 10.7. The lowest BCUT2D eigenvalue weighted by Gasteiger charge is -2.42. The zero-order chi connectivity index (χ0) is 21.7. The van der Waals surface area contributed by atoms with E-state index in [1.54, 1.807) is 11.3 Å². The van der Waals surface area contributed by atoms with Crippen molar-refractivity contribution in [3.8, 4) is 10.4 Å². The molecule has 0 aliphatic carbocycles. The van der Waals surface area contributed by atoms with Crippen LogP contribution in [0.4, 0.5) is 0 Å². The maximum atomic E-state index is 13.3. The highest BCUT2D eigenvalue weighted by molar-refractivity contribution is 7.13. The maximum absolute atomic E-state index is 13.3. The second-order valence-electron chi connectivity index (χ2n) is 8.35. The number of hydrogen-bond acceptors (Lipinski definition) is 5. The molecule has 1 fully saturated rings. The average molecular weight is 436 g/mol. The van der Waals surface area contributed by atoms with E-state index in [1.807, 2.05) is 38.2 Å². The van der Waals surface area contributed by atoms with E-state index >= 15 is 0 Å². The van der Waals surface area contributed by atoms with Crippen LogP contribution in [-0.4, -0.2) is 47.1 Å². The molecule has 1 N–H and O–H groups in total. The molecule has 0 bridgehead atoms. The van der Waals surface area contributed by atoms with Crippen molar-refractivity contribution in [2.24, 2.45) is 0 Å². The highest BCUT2D eigenvalue weighted by Crippen LogP contribution is 2.28. The summed E-state index contributed by atoms with van der Waals surface area (Å²) in [6.07, 6.45) is 2.35. The lowest BCUT2D eigenvalue weighted by Crippen LogP contribution is -2.61. The Morgan fingerprint density at radius 3 is 2.71 bits per heavy atom. The second-order valence-corrected chi connectivity index (χ2v) is 9.30. The number of carbonyl (C=O) groups excluding carboxylic acids is 1. The Morgan fingerprint density at radius 1 is 1.19 bits per heavy atom. The van der Waals surface area contributed by atoms with Crippen LogP contribution in [0.3, 0.4) is 0 Å². The number of carbonyl (C=O) groups is 1. The summed E-state index contributed by atoms with van der Waals surface area (Å²) in [6.45, 7) is 6.51. The van der Waals surface area contributed by atoms with Gasteiger partial charge in [-0.1, -0.05) is 36.4 Å². The third kappa shape index (κ3) is 5.39. The molecule has 31 heavy (non-hydrogen) atoms. The normalized spacial score (nSPS) is 19.5. The number of aromatic nitrogens is 1. The van der Waals surface area contributed by atoms with E-state index in [9.17, 15) is 4.79 Å². The fourth-order valence-corrected chi connectivity index (χ4v) is 4.72. The molecule has 1 amide bonds. The SMILES string of the molecule is CC(C)NC(=O)C1(Cc2ccc(-c3cccs3)cc2)CN(Cc2ccccn2)CCO1. The molecule has 5 nitrogen and oxygen atoms in total. The van der Waals surface area contributed by atoms with Gasteiger partial charge in [0.2, 0.25) is 0 Å². The monoisotopic (exact) mass is 435 g/mol. The fraction of sp³-hybridized carbons (Fsp3) is 0.360. The molecule has 0 radical (unpaired) electrons. The minimum Gasteiger partial charge on any atom is -0.362 e. The Morgan fingerprint density at radius 2 is 2.03 bits per heavy atom. The van der Waals surface area contributed by atoms with Crippen molar-refractivity contribution in [2.45, 2.75) is 38.5 Å². The predicted octanol–water partition coefficient (Wildman–Crippen LogP) is 4.15. The number of thiophene rings is 1. The summed E-state index contributed by atoms with van der Waals surface area (Å²) in [6, 6.07) is 18.7. The van der Waals surface area contributed by atoms with Crippen LogP contribution < -0.4 is 5.32 Å². The Balaban J connectivity index is 1.55. The zero-order valence-electron chi connectivity index (χ0n) is 18.1. The Labute approximate surface area is 188 Å². The smallest absolute Gasteiger partial charge is 0.254 e. The molecule has 1 aliphatic rings. The molecule has 1 atom stereocenters. The molecular weight excluding hydrogens is 406 g/mol. The van der Waals surface area contributed by atoms with Crippen molar-refractivity contribution < 1.29 is 9.53 Å². The summed E-state index contributed by atoms with van der Waals surface area (Å²) in [7, 11) is 0. The van der Waals surface area contributed by atoms with Crippen LogP contribution in [0, 0.1) is 0 Å². The van der Waals surface area contributed by atoms with Gasteiger partial charge in [0.05, 0.1) is 12.3 Å². The summed E-state index contributed by atoms with van der Waals surface area (Å²) in [4.78, 5) is 21.3. The average Bonchev–Trinajstić information content (AvgIpc) is 3.30. The number of hydrogen-bond donors (Lipinski definition) is 1. The van der Waals surface area contributed by atoms with Crippen molar-refractivity contribution in [3.05, 3.63) is 77.4 Å². The van der Waals surface area contributed by atoms with E-state index in [4.69, 9.17) is 4.74 Å². The number of pyridine rings is 1. The maximum Gasteiger partial charge on any atom is 0.254 e. The Hall–Kier alpha value is -2.54. The van der Waals surface area contributed by atoms with Crippen molar-refractivity contribution in [2.75, 3.05) is 19.7 Å². The standard InChI is InChI=1S/C25H29N3O2S/c1-19(2)27-24(29)25(16-20-8-10-21(11-9-20)23-7-5-15-31-23)18-28(13-14-30-25)17-22-6-3-4-12-26-22/h3-12,15,19H,13-14,16-18H2,1-2H3,(H,27,29). The molecule has 1 saturated heterocycles. The van der Waals surface area contributed by atoms with Gasteiger partial charge in [-0.3, -0.25) is 14.7 Å². The van der Waals surface area contributed by atoms with Gasteiger partial charge in [0.25, 0.3) is 5.91 Å². The predicted molar refractivity (Wildman–Crippen MR) is 125 cm³/mol. The van der Waals surface area contributed by atoms with Crippen molar-refractivity contribution >= 4 is 17.2 Å². The summed E-state index contributed by atoms with van der Waals surface area (Å²) in [5.74, 6) is -0.0458. The molecule has 2 aromatic heterocycles. The summed E-state index contributed by atoms with van der Waals surface area (Å²) >= 11 is 1.73. The molecule has 0 saturated carbocycles. The van der Waals surface area contributed by atoms with Crippen LogP contribution in [0.5, 0.6) is 0 Å². The molecular formula is C25H29N3O2S. The summed E-state index contributed by atoms with van der Waals surface area (Å²) in [5, 5.41) is 5.17. The summed E-state index contributed by atoms with van der Waals surface area (Å²) < 4.78 is 6.23. The number of benzene rings is 1. The third-order valence-electron chi connectivity index (χ3n) is 5.46. The van der Waals surface area contributed by atoms with Gasteiger partial charge in [-0.2, -0.15) is 0 Å². The lowest BCUT2D eigenvalue weighted by atomic mass is 9.90. The van der Waals surface area contributed by atoms with Crippen LogP contribution in [0.2, 0.25) is 0 Å². The van der Waals surface area contributed by atoms with Crippen LogP contribution in [0.15, 0.2) is 66.2 Å².